The highest BCUT2D eigenvalue weighted by Crippen LogP contribution is 2.26. The summed E-state index contributed by atoms with van der Waals surface area (Å²) in [5, 5.41) is 13.7. The molecule has 30 heavy (non-hydrogen) atoms. The number of rotatable bonds is 8. The van der Waals surface area contributed by atoms with Gasteiger partial charge in [0.15, 0.2) is 19.0 Å². The Morgan fingerprint density at radius 1 is 1.10 bits per heavy atom. The van der Waals surface area contributed by atoms with Crippen molar-refractivity contribution in [2.75, 3.05) is 13.2 Å². The Morgan fingerprint density at radius 2 is 1.83 bits per heavy atom. The third-order valence-electron chi connectivity index (χ3n) is 5.02. The van der Waals surface area contributed by atoms with Crippen LogP contribution >= 0.6 is 0 Å². The van der Waals surface area contributed by atoms with Gasteiger partial charge in [-0.3, -0.25) is 14.9 Å². The standard InChI is InChI=1S/C22H24N2O6/c1-15(17-11-10-16-6-2-3-7-18(16)12-17)23-21(25)13-30-22(26)14-29-20-9-5-4-8-19(20)24(27)28/h4-5,8-12,15H,2-3,6-7,13-14H2,1H3,(H,23,25)/t15-/m1/s1. The van der Waals surface area contributed by atoms with Crippen molar-refractivity contribution in [1.29, 1.82) is 0 Å². The van der Waals surface area contributed by atoms with Crippen molar-refractivity contribution in [3.8, 4) is 5.75 Å². The van der Waals surface area contributed by atoms with Crippen molar-refractivity contribution < 1.29 is 24.0 Å². The zero-order valence-electron chi connectivity index (χ0n) is 16.8. The number of fused-ring (bicyclic) bond motifs is 1. The van der Waals surface area contributed by atoms with Crippen LogP contribution in [0.4, 0.5) is 5.69 Å². The van der Waals surface area contributed by atoms with E-state index in [1.807, 2.05) is 13.0 Å². The van der Waals surface area contributed by atoms with E-state index < -0.39 is 30.0 Å². The number of nitro benzene ring substituents is 1. The minimum atomic E-state index is -0.787. The number of hydrogen-bond donors (Lipinski definition) is 1. The molecule has 2 aromatic carbocycles. The number of amides is 1. The molecule has 0 spiro atoms. The zero-order valence-corrected chi connectivity index (χ0v) is 16.8. The maximum atomic E-state index is 12.1. The van der Waals surface area contributed by atoms with Gasteiger partial charge in [-0.05, 0) is 55.4 Å². The van der Waals surface area contributed by atoms with Gasteiger partial charge in [-0.2, -0.15) is 0 Å². The summed E-state index contributed by atoms with van der Waals surface area (Å²) < 4.78 is 10.1. The largest absolute Gasteiger partial charge is 0.475 e. The minimum Gasteiger partial charge on any atom is -0.475 e. The van der Waals surface area contributed by atoms with Crippen LogP contribution in [-0.4, -0.2) is 30.0 Å². The number of nitrogens with one attached hydrogen (secondary N) is 1. The molecule has 8 heteroatoms. The van der Waals surface area contributed by atoms with E-state index in [1.165, 1.54) is 42.2 Å². The lowest BCUT2D eigenvalue weighted by atomic mass is 9.89. The number of benzene rings is 2. The molecule has 1 aliphatic carbocycles. The Labute approximate surface area is 174 Å². The predicted molar refractivity (Wildman–Crippen MR) is 109 cm³/mol. The summed E-state index contributed by atoms with van der Waals surface area (Å²) in [7, 11) is 0. The smallest absolute Gasteiger partial charge is 0.344 e. The maximum Gasteiger partial charge on any atom is 0.344 e. The van der Waals surface area contributed by atoms with Gasteiger partial charge in [-0.1, -0.05) is 30.3 Å². The summed E-state index contributed by atoms with van der Waals surface area (Å²) in [4.78, 5) is 34.3. The first-order valence-corrected chi connectivity index (χ1v) is 9.87. The summed E-state index contributed by atoms with van der Waals surface area (Å²) in [6, 6.07) is 11.8. The quantitative estimate of drug-likeness (QED) is 0.405. The second-order valence-corrected chi connectivity index (χ2v) is 7.20. The molecule has 0 bridgehead atoms. The highest BCUT2D eigenvalue weighted by molar-refractivity contribution is 5.81. The SMILES string of the molecule is C[C@@H](NC(=O)COC(=O)COc1ccccc1[N+](=O)[O-])c1ccc2c(c1)CCCC2. The number of aryl methyl sites for hydroxylation is 2. The molecule has 0 unspecified atom stereocenters. The maximum absolute atomic E-state index is 12.1. The van der Waals surface area contributed by atoms with Crippen LogP contribution in [0.3, 0.4) is 0 Å². The van der Waals surface area contributed by atoms with Crippen LogP contribution < -0.4 is 10.1 Å². The number of nitro groups is 1. The topological polar surface area (TPSA) is 108 Å². The van der Waals surface area contributed by atoms with Crippen molar-refractivity contribution >= 4 is 17.6 Å². The van der Waals surface area contributed by atoms with E-state index in [2.05, 4.69) is 17.4 Å². The Kier molecular flexibility index (Phi) is 7.00. The van der Waals surface area contributed by atoms with E-state index in [9.17, 15) is 19.7 Å². The molecule has 0 radical (unpaired) electrons. The van der Waals surface area contributed by atoms with Gasteiger partial charge in [-0.25, -0.2) is 4.79 Å². The lowest BCUT2D eigenvalue weighted by Gasteiger charge is -2.20. The third kappa shape index (κ3) is 5.56. The summed E-state index contributed by atoms with van der Waals surface area (Å²) >= 11 is 0. The molecule has 3 rings (SSSR count). The molecular weight excluding hydrogens is 388 g/mol. The second kappa shape index (κ2) is 9.87. The Balaban J connectivity index is 1.45. The van der Waals surface area contributed by atoms with Crippen molar-refractivity contribution in [3.05, 3.63) is 69.3 Å². The molecule has 0 saturated heterocycles. The number of para-hydroxylation sites is 2. The van der Waals surface area contributed by atoms with Crippen molar-refractivity contribution in [2.24, 2.45) is 0 Å². The first-order chi connectivity index (χ1) is 14.4. The molecule has 1 N–H and O–H groups in total. The van der Waals surface area contributed by atoms with Crippen LogP contribution in [0.1, 0.15) is 42.5 Å². The van der Waals surface area contributed by atoms with Gasteiger partial charge in [0, 0.05) is 6.07 Å². The van der Waals surface area contributed by atoms with E-state index in [-0.39, 0.29) is 17.5 Å². The van der Waals surface area contributed by atoms with E-state index in [4.69, 9.17) is 9.47 Å². The van der Waals surface area contributed by atoms with Gasteiger partial charge in [0.1, 0.15) is 0 Å². The van der Waals surface area contributed by atoms with Gasteiger partial charge in [0.2, 0.25) is 0 Å². The monoisotopic (exact) mass is 412 g/mol. The number of nitrogens with zero attached hydrogens (tertiary/aromatic N) is 1. The molecule has 0 aromatic heterocycles. The molecule has 0 heterocycles. The molecule has 1 aliphatic rings. The Morgan fingerprint density at radius 3 is 2.60 bits per heavy atom. The fraction of sp³-hybridized carbons (Fsp3) is 0.364. The van der Waals surface area contributed by atoms with E-state index in [0.717, 1.165) is 18.4 Å². The fourth-order valence-electron chi connectivity index (χ4n) is 3.44. The van der Waals surface area contributed by atoms with Crippen LogP contribution in [0.25, 0.3) is 0 Å². The van der Waals surface area contributed by atoms with E-state index in [0.29, 0.717) is 0 Å². The highest BCUT2D eigenvalue weighted by atomic mass is 16.6. The highest BCUT2D eigenvalue weighted by Gasteiger charge is 2.17. The van der Waals surface area contributed by atoms with Crippen LogP contribution in [0, 0.1) is 10.1 Å². The molecule has 1 amide bonds. The summed E-state index contributed by atoms with van der Waals surface area (Å²) in [6.07, 6.45) is 4.55. The number of ether oxygens (including phenoxy) is 2. The fourth-order valence-corrected chi connectivity index (χ4v) is 3.44. The van der Waals surface area contributed by atoms with Gasteiger partial charge < -0.3 is 14.8 Å². The number of esters is 1. The van der Waals surface area contributed by atoms with Gasteiger partial charge >= 0.3 is 11.7 Å². The average molecular weight is 412 g/mol. The lowest BCUT2D eigenvalue weighted by molar-refractivity contribution is -0.385. The Bertz CT molecular complexity index is 943. The van der Waals surface area contributed by atoms with Gasteiger partial charge in [0.25, 0.3) is 5.91 Å². The van der Waals surface area contributed by atoms with Crippen LogP contribution in [0.5, 0.6) is 5.75 Å². The zero-order chi connectivity index (χ0) is 21.5. The van der Waals surface area contributed by atoms with Crippen LogP contribution in [0.15, 0.2) is 42.5 Å². The predicted octanol–water partition coefficient (Wildman–Crippen LogP) is 3.27. The molecule has 8 nitrogen and oxygen atoms in total. The number of carbonyl (C=O) groups excluding carboxylic acids is 2. The third-order valence-corrected chi connectivity index (χ3v) is 5.02. The Hall–Kier alpha value is -3.42. The normalized spacial score (nSPS) is 13.6. The van der Waals surface area contributed by atoms with Crippen molar-refractivity contribution in [2.45, 2.75) is 38.6 Å². The first-order valence-electron chi connectivity index (χ1n) is 9.87. The van der Waals surface area contributed by atoms with E-state index in [1.54, 1.807) is 6.07 Å². The average Bonchev–Trinajstić information content (AvgIpc) is 2.76. The summed E-state index contributed by atoms with van der Waals surface area (Å²) in [6.45, 7) is 0.898. The van der Waals surface area contributed by atoms with E-state index >= 15 is 0 Å². The van der Waals surface area contributed by atoms with Crippen LogP contribution in [-0.2, 0) is 27.2 Å². The molecular formula is C22H24N2O6. The molecule has 158 valence electrons. The molecule has 2 aromatic rings. The van der Waals surface area contributed by atoms with Gasteiger partial charge in [-0.15, -0.1) is 0 Å². The molecule has 1 atom stereocenters. The minimum absolute atomic E-state index is 0.0371. The molecule has 0 fully saturated rings. The number of hydrogen-bond acceptors (Lipinski definition) is 6. The lowest BCUT2D eigenvalue weighted by Crippen LogP contribution is -2.32. The first kappa shape index (κ1) is 21.3. The van der Waals surface area contributed by atoms with Gasteiger partial charge in [0.05, 0.1) is 11.0 Å². The second-order valence-electron chi connectivity index (χ2n) is 7.20. The molecule has 0 aliphatic heterocycles. The van der Waals surface area contributed by atoms with Crippen molar-refractivity contribution in [1.82, 2.24) is 5.32 Å². The number of carbonyl (C=O) groups is 2. The molecule has 0 saturated carbocycles. The summed E-state index contributed by atoms with van der Waals surface area (Å²) in [5.41, 5.74) is 3.46. The summed E-state index contributed by atoms with van der Waals surface area (Å²) in [5.74, 6) is -1.26. The van der Waals surface area contributed by atoms with Crippen molar-refractivity contribution in [3.63, 3.8) is 0 Å². The van der Waals surface area contributed by atoms with Crippen LogP contribution in [0.2, 0.25) is 0 Å².